The fraction of sp³-hybridized carbons (Fsp3) is 0.333. The molecule has 1 amide bonds. The number of fused-ring (bicyclic) bond motifs is 1. The molecule has 2 heterocycles. The summed E-state index contributed by atoms with van der Waals surface area (Å²) in [4.78, 5) is 21.9. The van der Waals surface area contributed by atoms with Crippen molar-refractivity contribution >= 4 is 28.2 Å². The maximum absolute atomic E-state index is 12.5. The van der Waals surface area contributed by atoms with Crippen molar-refractivity contribution in [3.8, 4) is 0 Å². The summed E-state index contributed by atoms with van der Waals surface area (Å²) in [7, 11) is 0. The molecule has 4 rings (SSSR count). The van der Waals surface area contributed by atoms with E-state index < -0.39 is 0 Å². The minimum Gasteiger partial charge on any atom is -0.368 e. The van der Waals surface area contributed by atoms with Crippen molar-refractivity contribution in [1.82, 2.24) is 10.3 Å². The molecule has 29 heavy (non-hydrogen) atoms. The van der Waals surface area contributed by atoms with E-state index in [9.17, 15) is 4.79 Å². The van der Waals surface area contributed by atoms with E-state index in [1.54, 1.807) is 0 Å². The minimum absolute atomic E-state index is 0.0101. The molecule has 0 saturated carbocycles. The Hall–Kier alpha value is -3.08. The fourth-order valence-corrected chi connectivity index (χ4v) is 3.84. The number of pyridine rings is 1. The number of nitrogens with zero attached hydrogens (tertiary/aromatic N) is 3. The summed E-state index contributed by atoms with van der Waals surface area (Å²) in [5.74, 6) is 0.961. The largest absolute Gasteiger partial charge is 0.368 e. The fourth-order valence-electron chi connectivity index (χ4n) is 3.84. The van der Waals surface area contributed by atoms with E-state index in [4.69, 9.17) is 0 Å². The molecule has 0 bridgehead atoms. The zero-order valence-corrected chi connectivity index (χ0v) is 17.0. The quantitative estimate of drug-likeness (QED) is 0.646. The number of aromatic nitrogens is 1. The van der Waals surface area contributed by atoms with Crippen LogP contribution in [0.25, 0.3) is 10.8 Å². The number of hydrogen-bond donors (Lipinski definition) is 1. The van der Waals surface area contributed by atoms with Gasteiger partial charge in [0.2, 0.25) is 0 Å². The molecular weight excluding hydrogens is 360 g/mol. The van der Waals surface area contributed by atoms with Crippen molar-refractivity contribution in [2.45, 2.75) is 19.8 Å². The molecule has 0 unspecified atom stereocenters. The number of carbonyl (C=O) groups excluding carboxylic acids is 1. The molecule has 0 atom stereocenters. The Kier molecular flexibility index (Phi) is 5.94. The van der Waals surface area contributed by atoms with Crippen molar-refractivity contribution < 1.29 is 4.79 Å². The van der Waals surface area contributed by atoms with Crippen molar-refractivity contribution in [2.24, 2.45) is 0 Å². The van der Waals surface area contributed by atoms with Crippen LogP contribution in [-0.4, -0.2) is 43.6 Å². The summed E-state index contributed by atoms with van der Waals surface area (Å²) in [5.41, 5.74) is 1.97. The molecule has 1 aliphatic rings. The molecule has 1 N–H and O–H groups in total. The maximum atomic E-state index is 12.5. The predicted octanol–water partition coefficient (Wildman–Crippen LogP) is 4.09. The number of unbranched alkanes of at least 4 members (excludes halogenated alkanes) is 1. The highest BCUT2D eigenvalue weighted by Crippen LogP contribution is 2.27. The van der Waals surface area contributed by atoms with Gasteiger partial charge in [0.05, 0.1) is 0 Å². The highest BCUT2D eigenvalue weighted by Gasteiger charge is 2.20. The summed E-state index contributed by atoms with van der Waals surface area (Å²) in [6, 6.07) is 18.5. The van der Waals surface area contributed by atoms with Gasteiger partial charge in [-0.15, -0.1) is 0 Å². The van der Waals surface area contributed by atoms with E-state index in [0.717, 1.165) is 55.6 Å². The lowest BCUT2D eigenvalue weighted by molar-refractivity contribution is 0.0953. The van der Waals surface area contributed by atoms with Gasteiger partial charge in [0, 0.05) is 55.6 Å². The molecule has 3 aromatic rings. The summed E-state index contributed by atoms with van der Waals surface area (Å²) in [5, 5.41) is 5.17. The van der Waals surface area contributed by atoms with Gasteiger partial charge in [0.15, 0.2) is 0 Å². The van der Waals surface area contributed by atoms with Crippen molar-refractivity contribution in [3.05, 3.63) is 66.4 Å². The van der Waals surface area contributed by atoms with Gasteiger partial charge >= 0.3 is 0 Å². The average Bonchev–Trinajstić information content (AvgIpc) is 2.79. The van der Waals surface area contributed by atoms with Gasteiger partial charge in [0.25, 0.3) is 5.91 Å². The highest BCUT2D eigenvalue weighted by atomic mass is 16.1. The van der Waals surface area contributed by atoms with E-state index in [-0.39, 0.29) is 5.91 Å². The van der Waals surface area contributed by atoms with E-state index >= 15 is 0 Å². The molecular formula is C24H28N4O. The second-order valence-electron chi connectivity index (χ2n) is 7.49. The molecule has 1 fully saturated rings. The SMILES string of the molecule is CCCCNC(=O)c1ccc2ccnc(N3CCN(c4ccccc4)CC3)c2c1. The van der Waals surface area contributed by atoms with Gasteiger partial charge in [-0.05, 0) is 42.1 Å². The first kappa shape index (κ1) is 19.2. The second-order valence-corrected chi connectivity index (χ2v) is 7.49. The molecule has 1 aliphatic heterocycles. The summed E-state index contributed by atoms with van der Waals surface area (Å²) < 4.78 is 0. The van der Waals surface area contributed by atoms with Gasteiger partial charge < -0.3 is 15.1 Å². The van der Waals surface area contributed by atoms with Gasteiger partial charge in [-0.3, -0.25) is 4.79 Å². The van der Waals surface area contributed by atoms with Crippen LogP contribution in [0.4, 0.5) is 11.5 Å². The number of benzene rings is 2. The topological polar surface area (TPSA) is 48.5 Å². The monoisotopic (exact) mass is 388 g/mol. The van der Waals surface area contributed by atoms with Crippen LogP contribution in [-0.2, 0) is 0 Å². The lowest BCUT2D eigenvalue weighted by Gasteiger charge is -2.37. The van der Waals surface area contributed by atoms with Crippen LogP contribution in [0.1, 0.15) is 30.1 Å². The summed E-state index contributed by atoms with van der Waals surface area (Å²) >= 11 is 0. The lowest BCUT2D eigenvalue weighted by Crippen LogP contribution is -2.46. The highest BCUT2D eigenvalue weighted by molar-refractivity contribution is 6.01. The Morgan fingerprint density at radius 1 is 1.00 bits per heavy atom. The van der Waals surface area contributed by atoms with Crippen molar-refractivity contribution in [1.29, 1.82) is 0 Å². The van der Waals surface area contributed by atoms with Crippen molar-refractivity contribution in [3.63, 3.8) is 0 Å². The van der Waals surface area contributed by atoms with Crippen LogP contribution >= 0.6 is 0 Å². The zero-order valence-electron chi connectivity index (χ0n) is 17.0. The van der Waals surface area contributed by atoms with E-state index in [1.165, 1.54) is 5.69 Å². The van der Waals surface area contributed by atoms with E-state index in [2.05, 4.69) is 57.4 Å². The zero-order chi connectivity index (χ0) is 20.1. The smallest absolute Gasteiger partial charge is 0.251 e. The Morgan fingerprint density at radius 3 is 2.52 bits per heavy atom. The Balaban J connectivity index is 1.53. The third-order valence-electron chi connectivity index (χ3n) is 5.52. The van der Waals surface area contributed by atoms with Crippen LogP contribution in [0.3, 0.4) is 0 Å². The molecule has 0 radical (unpaired) electrons. The van der Waals surface area contributed by atoms with Crippen LogP contribution in [0.5, 0.6) is 0 Å². The van der Waals surface area contributed by atoms with Crippen LogP contribution in [0.15, 0.2) is 60.8 Å². The molecule has 1 aromatic heterocycles. The Morgan fingerprint density at radius 2 is 1.76 bits per heavy atom. The number of rotatable bonds is 6. The molecule has 0 spiro atoms. The first-order valence-corrected chi connectivity index (χ1v) is 10.5. The third-order valence-corrected chi connectivity index (χ3v) is 5.52. The summed E-state index contributed by atoms with van der Waals surface area (Å²) in [6.07, 6.45) is 3.93. The number of anilines is 2. The van der Waals surface area contributed by atoms with Gasteiger partial charge in [-0.1, -0.05) is 37.6 Å². The van der Waals surface area contributed by atoms with Gasteiger partial charge in [-0.25, -0.2) is 4.98 Å². The number of hydrogen-bond acceptors (Lipinski definition) is 4. The molecule has 1 saturated heterocycles. The average molecular weight is 389 g/mol. The standard InChI is InChI=1S/C24H28N4O/c1-2-3-12-26-24(29)20-10-9-19-11-13-25-23(22(19)18-20)28-16-14-27(15-17-28)21-7-5-4-6-8-21/h4-11,13,18H,2-3,12,14-17H2,1H3,(H,26,29). The van der Waals surface area contributed by atoms with E-state index in [1.807, 2.05) is 30.5 Å². The Bertz CT molecular complexity index is 965. The predicted molar refractivity (Wildman–Crippen MR) is 120 cm³/mol. The number of para-hydroxylation sites is 1. The first-order chi connectivity index (χ1) is 14.3. The third kappa shape index (κ3) is 4.34. The molecule has 2 aromatic carbocycles. The second kappa shape index (κ2) is 8.95. The number of carbonyl (C=O) groups is 1. The Labute approximate surface area is 172 Å². The van der Waals surface area contributed by atoms with Crippen LogP contribution in [0, 0.1) is 0 Å². The van der Waals surface area contributed by atoms with Gasteiger partial charge in [-0.2, -0.15) is 0 Å². The first-order valence-electron chi connectivity index (χ1n) is 10.5. The lowest BCUT2D eigenvalue weighted by atomic mass is 10.1. The van der Waals surface area contributed by atoms with Crippen molar-refractivity contribution in [2.75, 3.05) is 42.5 Å². The van der Waals surface area contributed by atoms with Crippen LogP contribution < -0.4 is 15.1 Å². The minimum atomic E-state index is -0.0101. The normalized spacial score (nSPS) is 14.2. The van der Waals surface area contributed by atoms with Gasteiger partial charge in [0.1, 0.15) is 5.82 Å². The van der Waals surface area contributed by atoms with Crippen LogP contribution in [0.2, 0.25) is 0 Å². The number of piperazine rings is 1. The number of amides is 1. The molecule has 5 heteroatoms. The number of nitrogens with one attached hydrogen (secondary N) is 1. The maximum Gasteiger partial charge on any atom is 0.251 e. The summed E-state index contributed by atoms with van der Waals surface area (Å²) in [6.45, 7) is 6.58. The molecule has 150 valence electrons. The molecule has 0 aliphatic carbocycles. The van der Waals surface area contributed by atoms with E-state index in [0.29, 0.717) is 12.1 Å². The molecule has 5 nitrogen and oxygen atoms in total.